The molecule has 0 unspecified atom stereocenters. The first-order valence-electron chi connectivity index (χ1n) is 7.44. The van der Waals surface area contributed by atoms with Crippen LogP contribution in [0.2, 0.25) is 0 Å². The first-order valence-corrected chi connectivity index (χ1v) is 7.44. The normalized spacial score (nSPS) is 11.2. The van der Waals surface area contributed by atoms with Crippen molar-refractivity contribution in [3.63, 3.8) is 0 Å². The molecule has 2 rings (SSSR count). The lowest BCUT2D eigenvalue weighted by atomic mass is 10.1. The summed E-state index contributed by atoms with van der Waals surface area (Å²) in [6, 6.07) is 10.6. The molecular weight excluding hydrogens is 248 g/mol. The molecule has 20 heavy (non-hydrogen) atoms. The van der Waals surface area contributed by atoms with Crippen LogP contribution in [0, 0.1) is 0 Å². The molecule has 0 bridgehead atoms. The van der Waals surface area contributed by atoms with E-state index in [1.807, 2.05) is 18.2 Å². The summed E-state index contributed by atoms with van der Waals surface area (Å²) in [7, 11) is 0. The van der Waals surface area contributed by atoms with Gasteiger partial charge in [0.05, 0.1) is 6.04 Å². The summed E-state index contributed by atoms with van der Waals surface area (Å²) in [6.45, 7) is 8.20. The van der Waals surface area contributed by atoms with Crippen LogP contribution in [0.3, 0.4) is 0 Å². The van der Waals surface area contributed by atoms with Gasteiger partial charge in [0.25, 0.3) is 0 Å². The number of unbranched alkanes of at least 4 members (excludes halogenated alkanes) is 1. The van der Waals surface area contributed by atoms with Crippen LogP contribution >= 0.6 is 0 Å². The molecule has 1 N–H and O–H groups in total. The Hall–Kier alpha value is -1.68. The zero-order chi connectivity index (χ0) is 14.4. The van der Waals surface area contributed by atoms with Crippen LogP contribution in [0.5, 0.6) is 0 Å². The summed E-state index contributed by atoms with van der Waals surface area (Å²) in [4.78, 5) is 1.80. The largest absolute Gasteiger partial charge is 0.311 e. The van der Waals surface area contributed by atoms with Gasteiger partial charge in [-0.2, -0.15) is 15.0 Å². The van der Waals surface area contributed by atoms with E-state index in [0.29, 0.717) is 0 Å². The van der Waals surface area contributed by atoms with Crippen molar-refractivity contribution in [1.82, 2.24) is 20.3 Å². The van der Waals surface area contributed by atoms with Crippen molar-refractivity contribution in [2.45, 2.75) is 46.2 Å². The molecule has 0 aliphatic carbocycles. The van der Waals surface area contributed by atoms with Crippen molar-refractivity contribution in [2.75, 3.05) is 6.54 Å². The molecule has 0 aliphatic rings. The minimum atomic E-state index is 0.279. The van der Waals surface area contributed by atoms with Gasteiger partial charge in [-0.3, -0.25) is 0 Å². The number of nitrogens with zero attached hydrogens (tertiary/aromatic N) is 3. The lowest BCUT2D eigenvalue weighted by molar-refractivity contribution is 0.461. The van der Waals surface area contributed by atoms with Gasteiger partial charge in [-0.05, 0) is 26.8 Å². The highest BCUT2D eigenvalue weighted by Gasteiger charge is 2.13. The third-order valence-electron chi connectivity index (χ3n) is 3.21. The molecule has 0 atom stereocenters. The van der Waals surface area contributed by atoms with Gasteiger partial charge in [0.1, 0.15) is 11.4 Å². The lowest BCUT2D eigenvalue weighted by Crippen LogP contribution is -2.15. The van der Waals surface area contributed by atoms with Crippen LogP contribution in [0.1, 0.15) is 45.3 Å². The van der Waals surface area contributed by atoms with E-state index in [1.54, 1.807) is 4.80 Å². The second kappa shape index (κ2) is 7.20. The minimum absolute atomic E-state index is 0.279. The number of hydrogen-bond acceptors (Lipinski definition) is 3. The molecular formula is C16H24N4. The summed E-state index contributed by atoms with van der Waals surface area (Å²) in [6.07, 6.45) is 2.40. The number of benzene rings is 1. The zero-order valence-corrected chi connectivity index (χ0v) is 12.6. The third kappa shape index (κ3) is 3.67. The molecule has 4 heteroatoms. The first kappa shape index (κ1) is 14.7. The van der Waals surface area contributed by atoms with Gasteiger partial charge in [-0.1, -0.05) is 43.7 Å². The van der Waals surface area contributed by atoms with Gasteiger partial charge in [0.15, 0.2) is 0 Å². The molecule has 0 aliphatic heterocycles. The second-order valence-corrected chi connectivity index (χ2v) is 5.31. The Morgan fingerprint density at radius 3 is 2.55 bits per heavy atom. The predicted octanol–water partition coefficient (Wildman–Crippen LogP) is 3.42. The second-order valence-electron chi connectivity index (χ2n) is 5.31. The van der Waals surface area contributed by atoms with Crippen LogP contribution in [0.15, 0.2) is 30.3 Å². The average molecular weight is 272 g/mol. The van der Waals surface area contributed by atoms with Crippen LogP contribution in [-0.2, 0) is 6.54 Å². The number of nitrogens with one attached hydrogen (secondary N) is 1. The van der Waals surface area contributed by atoms with E-state index in [1.165, 1.54) is 12.8 Å². The van der Waals surface area contributed by atoms with E-state index in [2.05, 4.69) is 48.4 Å². The van der Waals surface area contributed by atoms with Crippen molar-refractivity contribution in [2.24, 2.45) is 0 Å². The minimum Gasteiger partial charge on any atom is -0.311 e. The molecule has 0 saturated carbocycles. The van der Waals surface area contributed by atoms with Gasteiger partial charge in [-0.25, -0.2) is 0 Å². The number of aromatic nitrogens is 3. The summed E-state index contributed by atoms with van der Waals surface area (Å²) >= 11 is 0. The Morgan fingerprint density at radius 1 is 1.15 bits per heavy atom. The van der Waals surface area contributed by atoms with E-state index >= 15 is 0 Å². The molecule has 0 fully saturated rings. The highest BCUT2D eigenvalue weighted by atomic mass is 15.5. The summed E-state index contributed by atoms with van der Waals surface area (Å²) < 4.78 is 0. The average Bonchev–Trinajstić information content (AvgIpc) is 2.89. The van der Waals surface area contributed by atoms with Crippen molar-refractivity contribution in [3.8, 4) is 11.3 Å². The van der Waals surface area contributed by atoms with Crippen LogP contribution in [-0.4, -0.2) is 21.5 Å². The fraction of sp³-hybridized carbons (Fsp3) is 0.500. The van der Waals surface area contributed by atoms with Gasteiger partial charge >= 0.3 is 0 Å². The standard InChI is InChI=1S/C16H24N4/c1-4-5-11-17-12-15-16(14-9-7-6-8-10-14)19-20(18-15)13(2)3/h6-10,13,17H,4-5,11-12H2,1-3H3. The molecule has 1 aromatic heterocycles. The summed E-state index contributed by atoms with van der Waals surface area (Å²) in [5, 5.41) is 12.7. The molecule has 0 radical (unpaired) electrons. The SMILES string of the molecule is CCCCNCc1nn(C(C)C)nc1-c1ccccc1. The predicted molar refractivity (Wildman–Crippen MR) is 82.5 cm³/mol. The van der Waals surface area contributed by atoms with Gasteiger partial charge in [0.2, 0.25) is 0 Å². The van der Waals surface area contributed by atoms with Crippen molar-refractivity contribution >= 4 is 0 Å². The van der Waals surface area contributed by atoms with Crippen molar-refractivity contribution in [1.29, 1.82) is 0 Å². The first-order chi connectivity index (χ1) is 9.72. The highest BCUT2D eigenvalue weighted by Crippen LogP contribution is 2.21. The van der Waals surface area contributed by atoms with E-state index < -0.39 is 0 Å². The van der Waals surface area contributed by atoms with E-state index in [0.717, 1.165) is 30.0 Å². The number of hydrogen-bond donors (Lipinski definition) is 1. The van der Waals surface area contributed by atoms with Crippen LogP contribution in [0.25, 0.3) is 11.3 Å². The quantitative estimate of drug-likeness (QED) is 0.785. The summed E-state index contributed by atoms with van der Waals surface area (Å²) in [5.74, 6) is 0. The van der Waals surface area contributed by atoms with Gasteiger partial charge in [0, 0.05) is 12.1 Å². The summed E-state index contributed by atoms with van der Waals surface area (Å²) in [5.41, 5.74) is 3.15. The highest BCUT2D eigenvalue weighted by molar-refractivity contribution is 5.60. The molecule has 4 nitrogen and oxygen atoms in total. The molecule has 0 amide bonds. The topological polar surface area (TPSA) is 42.7 Å². The van der Waals surface area contributed by atoms with Crippen molar-refractivity contribution < 1.29 is 0 Å². The molecule has 0 spiro atoms. The Balaban J connectivity index is 2.20. The molecule has 1 aromatic carbocycles. The van der Waals surface area contributed by atoms with Crippen LogP contribution < -0.4 is 5.32 Å². The fourth-order valence-electron chi connectivity index (χ4n) is 2.03. The van der Waals surface area contributed by atoms with E-state index in [4.69, 9.17) is 0 Å². The molecule has 108 valence electrons. The monoisotopic (exact) mass is 272 g/mol. The van der Waals surface area contributed by atoms with Crippen LogP contribution in [0.4, 0.5) is 0 Å². The zero-order valence-electron chi connectivity index (χ0n) is 12.6. The fourth-order valence-corrected chi connectivity index (χ4v) is 2.03. The maximum atomic E-state index is 4.64. The third-order valence-corrected chi connectivity index (χ3v) is 3.21. The number of rotatable bonds is 7. The molecule has 0 saturated heterocycles. The lowest BCUT2D eigenvalue weighted by Gasteiger charge is -2.03. The smallest absolute Gasteiger partial charge is 0.117 e. The molecule has 1 heterocycles. The maximum absolute atomic E-state index is 4.64. The molecule has 2 aromatic rings. The van der Waals surface area contributed by atoms with Gasteiger partial charge in [-0.15, -0.1) is 0 Å². The Kier molecular flexibility index (Phi) is 5.30. The van der Waals surface area contributed by atoms with Crippen molar-refractivity contribution in [3.05, 3.63) is 36.0 Å². The Bertz CT molecular complexity index is 517. The Labute approximate surface area is 121 Å². The van der Waals surface area contributed by atoms with E-state index in [-0.39, 0.29) is 6.04 Å². The van der Waals surface area contributed by atoms with Gasteiger partial charge < -0.3 is 5.32 Å². The Morgan fingerprint density at radius 2 is 1.90 bits per heavy atom. The van der Waals surface area contributed by atoms with E-state index in [9.17, 15) is 0 Å². The maximum Gasteiger partial charge on any atom is 0.117 e.